The number of hydrogen-bond donors (Lipinski definition) is 2. The van der Waals surface area contributed by atoms with E-state index in [9.17, 15) is 0 Å². The molecule has 1 heterocycles. The highest BCUT2D eigenvalue weighted by atomic mass is 14.9. The van der Waals surface area contributed by atoms with Gasteiger partial charge in [-0.25, -0.2) is 0 Å². The highest BCUT2D eigenvalue weighted by Crippen LogP contribution is 2.11. The van der Waals surface area contributed by atoms with Crippen molar-refractivity contribution in [3.63, 3.8) is 0 Å². The van der Waals surface area contributed by atoms with Crippen molar-refractivity contribution < 1.29 is 0 Å². The normalized spacial score (nSPS) is 10.1. The number of nitrogens with one attached hydrogen (secondary N) is 1. The number of anilines is 2. The van der Waals surface area contributed by atoms with Crippen molar-refractivity contribution in [2.24, 2.45) is 0 Å². The van der Waals surface area contributed by atoms with Crippen LogP contribution in [0.15, 0.2) is 42.6 Å². The van der Waals surface area contributed by atoms with Gasteiger partial charge >= 0.3 is 0 Å². The van der Waals surface area contributed by atoms with E-state index in [1.807, 2.05) is 37.3 Å². The predicted octanol–water partition coefficient (Wildman–Crippen LogP) is 2.58. The Balaban J connectivity index is 2.02. The fourth-order valence-corrected chi connectivity index (χ4v) is 1.56. The topological polar surface area (TPSA) is 50.9 Å². The highest BCUT2D eigenvalue weighted by molar-refractivity contribution is 5.45. The van der Waals surface area contributed by atoms with Crippen molar-refractivity contribution in [1.29, 1.82) is 0 Å². The summed E-state index contributed by atoms with van der Waals surface area (Å²) in [5.74, 6) is 0. The predicted molar refractivity (Wildman–Crippen MR) is 67.2 cm³/mol. The number of rotatable bonds is 3. The smallest absolute Gasteiger partial charge is 0.0401 e. The van der Waals surface area contributed by atoms with Gasteiger partial charge in [0, 0.05) is 29.8 Å². The minimum atomic E-state index is 0.772. The number of benzene rings is 1. The van der Waals surface area contributed by atoms with E-state index in [0.717, 1.165) is 23.6 Å². The lowest BCUT2D eigenvalue weighted by atomic mass is 10.2. The van der Waals surface area contributed by atoms with Crippen molar-refractivity contribution in [3.05, 3.63) is 53.9 Å². The Hall–Kier alpha value is -2.03. The molecule has 3 heteroatoms. The van der Waals surface area contributed by atoms with Crippen molar-refractivity contribution in [3.8, 4) is 0 Å². The zero-order valence-corrected chi connectivity index (χ0v) is 9.27. The fraction of sp³-hybridized carbons (Fsp3) is 0.154. The maximum absolute atomic E-state index is 5.71. The summed E-state index contributed by atoms with van der Waals surface area (Å²) in [7, 11) is 0. The first-order valence-corrected chi connectivity index (χ1v) is 5.25. The van der Waals surface area contributed by atoms with Crippen LogP contribution in [0.2, 0.25) is 0 Å². The molecule has 3 N–H and O–H groups in total. The van der Waals surface area contributed by atoms with Crippen LogP contribution in [0.5, 0.6) is 0 Å². The van der Waals surface area contributed by atoms with E-state index in [1.54, 1.807) is 6.20 Å². The molecule has 0 aliphatic rings. The van der Waals surface area contributed by atoms with Crippen LogP contribution >= 0.6 is 0 Å². The van der Waals surface area contributed by atoms with Gasteiger partial charge in [0.2, 0.25) is 0 Å². The summed E-state index contributed by atoms with van der Waals surface area (Å²) in [5.41, 5.74) is 9.78. The number of aryl methyl sites for hydroxylation is 1. The van der Waals surface area contributed by atoms with Crippen molar-refractivity contribution in [2.75, 3.05) is 11.1 Å². The Kier molecular flexibility index (Phi) is 3.05. The maximum Gasteiger partial charge on any atom is 0.0401 e. The molecule has 3 nitrogen and oxygen atoms in total. The molecule has 0 radical (unpaired) electrons. The summed E-state index contributed by atoms with van der Waals surface area (Å²) in [6.07, 6.45) is 1.80. The number of nitrogens with two attached hydrogens (primary N) is 1. The second kappa shape index (κ2) is 4.66. The van der Waals surface area contributed by atoms with Crippen molar-refractivity contribution >= 4 is 11.4 Å². The molecule has 0 amide bonds. The quantitative estimate of drug-likeness (QED) is 0.770. The second-order valence-corrected chi connectivity index (χ2v) is 3.78. The first-order chi connectivity index (χ1) is 7.74. The van der Waals surface area contributed by atoms with Crippen molar-refractivity contribution in [1.82, 2.24) is 4.98 Å². The van der Waals surface area contributed by atoms with Crippen LogP contribution in [0, 0.1) is 6.92 Å². The lowest BCUT2D eigenvalue weighted by Gasteiger charge is -2.07. The average molecular weight is 213 g/mol. The molecule has 0 unspecified atom stereocenters. The van der Waals surface area contributed by atoms with Crippen molar-refractivity contribution in [2.45, 2.75) is 13.5 Å². The summed E-state index contributed by atoms with van der Waals surface area (Å²) in [6.45, 7) is 2.75. The third-order valence-corrected chi connectivity index (χ3v) is 2.34. The lowest BCUT2D eigenvalue weighted by molar-refractivity contribution is 1.13. The first kappa shape index (κ1) is 10.5. The van der Waals surface area contributed by atoms with Crippen LogP contribution in [0.25, 0.3) is 0 Å². The largest absolute Gasteiger partial charge is 0.399 e. The van der Waals surface area contributed by atoms with E-state index in [-0.39, 0.29) is 0 Å². The van der Waals surface area contributed by atoms with Gasteiger partial charge < -0.3 is 11.1 Å². The van der Waals surface area contributed by atoms with Crippen LogP contribution in [-0.4, -0.2) is 4.98 Å². The molecule has 0 aliphatic carbocycles. The molecular formula is C13H15N3. The van der Waals surface area contributed by atoms with Gasteiger partial charge in [0.25, 0.3) is 0 Å². The van der Waals surface area contributed by atoms with Crippen LogP contribution in [0.1, 0.15) is 11.3 Å². The van der Waals surface area contributed by atoms with Crippen LogP contribution in [0.4, 0.5) is 11.4 Å². The highest BCUT2D eigenvalue weighted by Gasteiger charge is 1.95. The van der Waals surface area contributed by atoms with Gasteiger partial charge in [-0.15, -0.1) is 0 Å². The van der Waals surface area contributed by atoms with E-state index in [2.05, 4.69) is 16.4 Å². The summed E-state index contributed by atoms with van der Waals surface area (Å²) < 4.78 is 0. The summed E-state index contributed by atoms with van der Waals surface area (Å²) in [6, 6.07) is 11.9. The minimum absolute atomic E-state index is 0.772. The number of nitrogen functional groups attached to an aromatic ring is 1. The third kappa shape index (κ3) is 2.73. The molecule has 82 valence electrons. The molecule has 16 heavy (non-hydrogen) atoms. The van der Waals surface area contributed by atoms with E-state index in [1.165, 1.54) is 5.56 Å². The standard InChI is InChI=1S/C13H15N3/c1-10-7-13(5-6-15-10)16-9-11-3-2-4-12(14)8-11/h2-8H,9,14H2,1H3,(H,15,16). The molecule has 1 aromatic carbocycles. The van der Waals surface area contributed by atoms with Gasteiger partial charge in [0.1, 0.15) is 0 Å². The number of pyridine rings is 1. The van der Waals surface area contributed by atoms with Gasteiger partial charge in [-0.05, 0) is 36.8 Å². The van der Waals surface area contributed by atoms with Gasteiger partial charge in [0.15, 0.2) is 0 Å². The van der Waals surface area contributed by atoms with Crippen LogP contribution in [-0.2, 0) is 6.54 Å². The van der Waals surface area contributed by atoms with E-state index in [4.69, 9.17) is 5.73 Å². The molecule has 0 atom stereocenters. The Labute approximate surface area is 95.3 Å². The summed E-state index contributed by atoms with van der Waals surface area (Å²) >= 11 is 0. The van der Waals surface area contributed by atoms with Gasteiger partial charge in [-0.3, -0.25) is 4.98 Å². The molecule has 0 fully saturated rings. The minimum Gasteiger partial charge on any atom is -0.399 e. The Bertz CT molecular complexity index is 435. The molecule has 0 bridgehead atoms. The molecular weight excluding hydrogens is 198 g/mol. The third-order valence-electron chi connectivity index (χ3n) is 2.34. The fourth-order valence-electron chi connectivity index (χ4n) is 1.56. The SMILES string of the molecule is Cc1cc(NCc2cccc(N)c2)ccn1. The molecule has 0 saturated carbocycles. The van der Waals surface area contributed by atoms with Crippen LogP contribution in [0.3, 0.4) is 0 Å². The Morgan fingerprint density at radius 3 is 2.88 bits per heavy atom. The monoisotopic (exact) mass is 213 g/mol. The molecule has 0 saturated heterocycles. The second-order valence-electron chi connectivity index (χ2n) is 3.78. The molecule has 2 rings (SSSR count). The zero-order chi connectivity index (χ0) is 11.4. The molecule has 1 aromatic heterocycles. The number of hydrogen-bond acceptors (Lipinski definition) is 3. The van der Waals surface area contributed by atoms with E-state index >= 15 is 0 Å². The molecule has 0 aliphatic heterocycles. The Morgan fingerprint density at radius 2 is 2.12 bits per heavy atom. The zero-order valence-electron chi connectivity index (χ0n) is 9.27. The van der Waals surface area contributed by atoms with Gasteiger partial charge in [-0.2, -0.15) is 0 Å². The summed E-state index contributed by atoms with van der Waals surface area (Å²) in [4.78, 5) is 4.15. The van der Waals surface area contributed by atoms with E-state index in [0.29, 0.717) is 0 Å². The summed E-state index contributed by atoms with van der Waals surface area (Å²) in [5, 5.41) is 3.33. The molecule has 0 spiro atoms. The Morgan fingerprint density at radius 1 is 1.25 bits per heavy atom. The average Bonchev–Trinajstić information content (AvgIpc) is 2.27. The first-order valence-electron chi connectivity index (χ1n) is 5.25. The number of nitrogens with zero attached hydrogens (tertiary/aromatic N) is 1. The maximum atomic E-state index is 5.71. The lowest BCUT2D eigenvalue weighted by Crippen LogP contribution is -2.00. The van der Waals surface area contributed by atoms with Gasteiger partial charge in [0.05, 0.1) is 0 Å². The molecule has 2 aromatic rings. The van der Waals surface area contributed by atoms with Gasteiger partial charge in [-0.1, -0.05) is 12.1 Å². The number of aromatic nitrogens is 1. The van der Waals surface area contributed by atoms with E-state index < -0.39 is 0 Å². The van der Waals surface area contributed by atoms with Crippen LogP contribution < -0.4 is 11.1 Å².